The second-order valence-electron chi connectivity index (χ2n) is 5.81. The van der Waals surface area contributed by atoms with E-state index >= 15 is 0 Å². The van der Waals surface area contributed by atoms with E-state index in [1.165, 1.54) is 0 Å². The van der Waals surface area contributed by atoms with Crippen LogP contribution in [0.1, 0.15) is 37.8 Å². The van der Waals surface area contributed by atoms with E-state index in [2.05, 4.69) is 22.2 Å². The van der Waals surface area contributed by atoms with Crippen molar-refractivity contribution in [3.05, 3.63) is 41.7 Å². The molecule has 0 bridgehead atoms. The normalized spacial score (nSPS) is 12.5. The Kier molecular flexibility index (Phi) is 4.84. The van der Waals surface area contributed by atoms with Crippen LogP contribution in [0.5, 0.6) is 0 Å². The summed E-state index contributed by atoms with van der Waals surface area (Å²) >= 11 is 1.58. The molecule has 0 saturated heterocycles. The molecule has 0 aromatic carbocycles. The lowest BCUT2D eigenvalue weighted by Gasteiger charge is -2.24. The van der Waals surface area contributed by atoms with Crippen LogP contribution >= 0.6 is 11.3 Å². The molecule has 1 N–H and O–H groups in total. The highest BCUT2D eigenvalue weighted by atomic mass is 32.1. The lowest BCUT2D eigenvalue weighted by molar-refractivity contribution is 0.189. The van der Waals surface area contributed by atoms with Gasteiger partial charge in [0.25, 0.3) is 0 Å². The highest BCUT2D eigenvalue weighted by Gasteiger charge is 2.19. The molecular formula is C16H22N6OS. The maximum atomic E-state index is 12.7. The highest BCUT2D eigenvalue weighted by Crippen LogP contribution is 2.17. The summed E-state index contributed by atoms with van der Waals surface area (Å²) in [6.45, 7) is 5.19. The molecule has 2 amide bonds. The Balaban J connectivity index is 1.68. The number of fused-ring (bicyclic) bond motifs is 1. The maximum Gasteiger partial charge on any atom is 0.318 e. The summed E-state index contributed by atoms with van der Waals surface area (Å²) in [7, 11) is 1.94. The summed E-state index contributed by atoms with van der Waals surface area (Å²) in [6.07, 6.45) is 8.46. The number of hydrogen-bond acceptors (Lipinski definition) is 4. The monoisotopic (exact) mass is 346 g/mol. The first-order chi connectivity index (χ1) is 11.6. The molecule has 8 heteroatoms. The van der Waals surface area contributed by atoms with Gasteiger partial charge in [-0.1, -0.05) is 6.92 Å². The molecule has 3 aromatic heterocycles. The molecule has 0 fully saturated rings. The minimum absolute atomic E-state index is 0.0938. The zero-order chi connectivity index (χ0) is 17.1. The SMILES string of the molecule is CCCN(Cc1nccn1C)C(=O)N[C@H](C)c1cn2ccsc2n1. The third kappa shape index (κ3) is 3.43. The molecule has 0 spiro atoms. The lowest BCUT2D eigenvalue weighted by atomic mass is 10.2. The number of hydrogen-bond donors (Lipinski definition) is 1. The van der Waals surface area contributed by atoms with Crippen LogP contribution in [-0.2, 0) is 13.6 Å². The number of aryl methyl sites for hydroxylation is 1. The van der Waals surface area contributed by atoms with E-state index in [1.807, 2.05) is 46.9 Å². The van der Waals surface area contributed by atoms with E-state index < -0.39 is 0 Å². The minimum atomic E-state index is -0.148. The number of imidazole rings is 2. The van der Waals surface area contributed by atoms with Crippen LogP contribution in [0.2, 0.25) is 0 Å². The number of nitrogens with zero attached hydrogens (tertiary/aromatic N) is 5. The van der Waals surface area contributed by atoms with Gasteiger partial charge >= 0.3 is 6.03 Å². The van der Waals surface area contributed by atoms with Crippen LogP contribution in [0, 0.1) is 0 Å². The molecule has 0 aliphatic carbocycles. The molecular weight excluding hydrogens is 324 g/mol. The number of thiazole rings is 1. The largest absolute Gasteiger partial charge is 0.337 e. The van der Waals surface area contributed by atoms with Crippen LogP contribution in [0.15, 0.2) is 30.2 Å². The third-order valence-corrected chi connectivity index (χ3v) is 4.70. The maximum absolute atomic E-state index is 12.7. The third-order valence-electron chi connectivity index (χ3n) is 3.93. The van der Waals surface area contributed by atoms with Gasteiger partial charge in [0.15, 0.2) is 4.96 Å². The van der Waals surface area contributed by atoms with Gasteiger partial charge in [0, 0.05) is 43.8 Å². The van der Waals surface area contributed by atoms with Gasteiger partial charge in [-0.25, -0.2) is 14.8 Å². The molecule has 0 unspecified atom stereocenters. The van der Waals surface area contributed by atoms with E-state index in [4.69, 9.17) is 0 Å². The summed E-state index contributed by atoms with van der Waals surface area (Å²) in [6, 6.07) is -0.242. The zero-order valence-corrected chi connectivity index (χ0v) is 15.0. The number of carbonyl (C=O) groups is 1. The molecule has 3 rings (SSSR count). The van der Waals surface area contributed by atoms with Crippen LogP contribution in [0.25, 0.3) is 4.96 Å². The Bertz CT molecular complexity index is 791. The second kappa shape index (κ2) is 7.04. The Hall–Kier alpha value is -2.35. The number of nitrogens with one attached hydrogen (secondary N) is 1. The zero-order valence-electron chi connectivity index (χ0n) is 14.1. The fourth-order valence-corrected chi connectivity index (χ4v) is 3.25. The lowest BCUT2D eigenvalue weighted by Crippen LogP contribution is -2.41. The first kappa shape index (κ1) is 16.5. The smallest absolute Gasteiger partial charge is 0.318 e. The van der Waals surface area contributed by atoms with Crippen molar-refractivity contribution in [1.82, 2.24) is 29.2 Å². The predicted octanol–water partition coefficient (Wildman–Crippen LogP) is 2.81. The first-order valence-corrected chi connectivity index (χ1v) is 8.90. The van der Waals surface area contributed by atoms with Gasteiger partial charge in [-0.15, -0.1) is 11.3 Å². The Morgan fingerprint density at radius 2 is 2.29 bits per heavy atom. The van der Waals surface area contributed by atoms with Crippen molar-refractivity contribution in [3.63, 3.8) is 0 Å². The first-order valence-electron chi connectivity index (χ1n) is 8.02. The van der Waals surface area contributed by atoms with Crippen LogP contribution in [-0.4, -0.2) is 36.4 Å². The van der Waals surface area contributed by atoms with Gasteiger partial charge in [-0.3, -0.25) is 4.40 Å². The number of rotatable bonds is 6. The van der Waals surface area contributed by atoms with Crippen LogP contribution < -0.4 is 5.32 Å². The summed E-state index contributed by atoms with van der Waals surface area (Å²) in [4.78, 5) is 24.2. The second-order valence-corrected chi connectivity index (χ2v) is 6.68. The predicted molar refractivity (Wildman–Crippen MR) is 93.9 cm³/mol. The molecule has 7 nitrogen and oxygen atoms in total. The average Bonchev–Trinajstić information content (AvgIpc) is 3.23. The van der Waals surface area contributed by atoms with Crippen molar-refractivity contribution in [2.24, 2.45) is 7.05 Å². The van der Waals surface area contributed by atoms with Gasteiger partial charge < -0.3 is 14.8 Å². The fourth-order valence-electron chi connectivity index (χ4n) is 2.55. The number of amides is 2. The molecule has 0 aliphatic heterocycles. The van der Waals surface area contributed by atoms with Gasteiger partial charge in [-0.2, -0.15) is 0 Å². The van der Waals surface area contributed by atoms with Crippen LogP contribution in [0.3, 0.4) is 0 Å². The molecule has 0 radical (unpaired) electrons. The molecule has 0 aliphatic rings. The molecule has 3 heterocycles. The summed E-state index contributed by atoms with van der Waals surface area (Å²) in [5.74, 6) is 0.869. The van der Waals surface area contributed by atoms with Crippen molar-refractivity contribution < 1.29 is 4.79 Å². The number of urea groups is 1. The van der Waals surface area contributed by atoms with Gasteiger partial charge in [0.1, 0.15) is 5.82 Å². The van der Waals surface area contributed by atoms with Gasteiger partial charge in [-0.05, 0) is 13.3 Å². The van der Waals surface area contributed by atoms with E-state index in [9.17, 15) is 4.79 Å². The van der Waals surface area contributed by atoms with E-state index in [0.29, 0.717) is 13.1 Å². The topological polar surface area (TPSA) is 67.5 Å². The van der Waals surface area contributed by atoms with Crippen molar-refractivity contribution in [3.8, 4) is 0 Å². The standard InChI is InChI=1S/C16H22N6OS/c1-4-6-21(11-14-17-5-7-20(14)3)15(23)18-12(2)13-10-22-8-9-24-16(22)19-13/h5,7-10,12H,4,6,11H2,1-3H3,(H,18,23)/t12-/m1/s1. The molecule has 3 aromatic rings. The van der Waals surface area contributed by atoms with Gasteiger partial charge in [0.05, 0.1) is 18.3 Å². The fraction of sp³-hybridized carbons (Fsp3) is 0.438. The average molecular weight is 346 g/mol. The van der Waals surface area contributed by atoms with E-state index in [0.717, 1.165) is 22.9 Å². The summed E-state index contributed by atoms with van der Waals surface area (Å²) < 4.78 is 3.91. The molecule has 1 atom stereocenters. The van der Waals surface area contributed by atoms with Crippen molar-refractivity contribution in [1.29, 1.82) is 0 Å². The molecule has 24 heavy (non-hydrogen) atoms. The number of aromatic nitrogens is 4. The Labute approximate surface area is 144 Å². The minimum Gasteiger partial charge on any atom is -0.337 e. The number of carbonyl (C=O) groups excluding carboxylic acids is 1. The molecule has 128 valence electrons. The van der Waals surface area contributed by atoms with Crippen molar-refractivity contribution in [2.45, 2.75) is 32.9 Å². The molecule has 0 saturated carbocycles. The summed E-state index contributed by atoms with van der Waals surface area (Å²) in [5.41, 5.74) is 0.864. The van der Waals surface area contributed by atoms with Crippen molar-refractivity contribution >= 4 is 22.3 Å². The quantitative estimate of drug-likeness (QED) is 0.746. The van der Waals surface area contributed by atoms with Gasteiger partial charge in [0.2, 0.25) is 0 Å². The Morgan fingerprint density at radius 1 is 1.46 bits per heavy atom. The highest BCUT2D eigenvalue weighted by molar-refractivity contribution is 7.15. The summed E-state index contributed by atoms with van der Waals surface area (Å²) in [5, 5.41) is 5.03. The van der Waals surface area contributed by atoms with Crippen molar-refractivity contribution in [2.75, 3.05) is 6.54 Å². The van der Waals surface area contributed by atoms with Crippen LogP contribution in [0.4, 0.5) is 4.79 Å². The van der Waals surface area contributed by atoms with E-state index in [1.54, 1.807) is 22.4 Å². The Morgan fingerprint density at radius 3 is 2.96 bits per heavy atom. The van der Waals surface area contributed by atoms with E-state index in [-0.39, 0.29) is 12.1 Å².